The van der Waals surface area contributed by atoms with Crippen LogP contribution in [0, 0.1) is 0 Å². The molecule has 3 aromatic carbocycles. The average molecular weight is 622 g/mol. The number of halogens is 7. The number of hydrogen-bond acceptors (Lipinski definition) is 6. The molecule has 0 aliphatic heterocycles. The van der Waals surface area contributed by atoms with Gasteiger partial charge in [-0.25, -0.2) is 4.79 Å². The average Bonchev–Trinajstić information content (AvgIpc) is 2.88. The van der Waals surface area contributed by atoms with Crippen LogP contribution in [0.1, 0.15) is 31.8 Å². The van der Waals surface area contributed by atoms with E-state index < -0.39 is 58.0 Å². The Morgan fingerprint density at radius 1 is 0.744 bits per heavy atom. The molecule has 3 aromatic rings. The summed E-state index contributed by atoms with van der Waals surface area (Å²) < 4.78 is 100. The highest BCUT2D eigenvalue weighted by Crippen LogP contribution is 2.41. The molecule has 0 saturated heterocycles. The summed E-state index contributed by atoms with van der Waals surface area (Å²) in [5.74, 6) is -3.47. The van der Waals surface area contributed by atoms with Gasteiger partial charge in [0.1, 0.15) is 17.2 Å². The summed E-state index contributed by atoms with van der Waals surface area (Å²) in [5, 5.41) is 2.33. The summed E-state index contributed by atoms with van der Waals surface area (Å²) in [6, 6.07) is 7.67. The predicted molar refractivity (Wildman–Crippen MR) is 130 cm³/mol. The lowest BCUT2D eigenvalue weighted by molar-refractivity contribution is -0.139. The van der Waals surface area contributed by atoms with Crippen molar-refractivity contribution in [1.82, 2.24) is 0 Å². The second kappa shape index (κ2) is 11.4. The van der Waals surface area contributed by atoms with Gasteiger partial charge in [0.2, 0.25) is 0 Å². The second-order valence-electron chi connectivity index (χ2n) is 7.66. The van der Waals surface area contributed by atoms with Crippen LogP contribution in [-0.4, -0.2) is 33.2 Å². The van der Waals surface area contributed by atoms with Crippen LogP contribution in [-0.2, 0) is 12.4 Å². The minimum Gasteiger partial charge on any atom is -0.497 e. The van der Waals surface area contributed by atoms with Gasteiger partial charge in [0, 0.05) is 11.6 Å². The Morgan fingerprint density at radius 3 is 1.74 bits per heavy atom. The Morgan fingerprint density at radius 2 is 1.26 bits per heavy atom. The number of benzene rings is 3. The minimum absolute atomic E-state index is 0.0424. The van der Waals surface area contributed by atoms with E-state index in [9.17, 15) is 35.9 Å². The quantitative estimate of drug-likeness (QED) is 0.174. The van der Waals surface area contributed by atoms with Crippen molar-refractivity contribution < 1.29 is 54.9 Å². The number of alkyl halides is 6. The maximum Gasteiger partial charge on any atom is 0.419 e. The van der Waals surface area contributed by atoms with E-state index in [0.717, 1.165) is 38.5 Å². The minimum atomic E-state index is -4.84. The fourth-order valence-electron chi connectivity index (χ4n) is 3.36. The predicted octanol–water partition coefficient (Wildman–Crippen LogP) is 6.98. The fourth-order valence-corrected chi connectivity index (χ4v) is 3.88. The smallest absolute Gasteiger partial charge is 0.419 e. The number of carbonyl (C=O) groups excluding carboxylic acids is 2. The van der Waals surface area contributed by atoms with Crippen LogP contribution in [0.3, 0.4) is 0 Å². The first kappa shape index (κ1) is 29.6. The van der Waals surface area contributed by atoms with Crippen LogP contribution in [0.4, 0.5) is 32.0 Å². The highest BCUT2D eigenvalue weighted by atomic mass is 79.9. The first-order valence-corrected chi connectivity index (χ1v) is 11.4. The number of esters is 1. The van der Waals surface area contributed by atoms with Gasteiger partial charge < -0.3 is 24.3 Å². The highest BCUT2D eigenvalue weighted by molar-refractivity contribution is 9.10. The van der Waals surface area contributed by atoms with Crippen molar-refractivity contribution in [3.8, 4) is 23.0 Å². The van der Waals surface area contributed by atoms with E-state index in [0.29, 0.717) is 12.1 Å². The Labute approximate surface area is 225 Å². The van der Waals surface area contributed by atoms with Crippen molar-refractivity contribution in [2.75, 3.05) is 26.6 Å². The maximum atomic E-state index is 13.4. The van der Waals surface area contributed by atoms with Crippen molar-refractivity contribution in [3.63, 3.8) is 0 Å². The number of methoxy groups -OCH3 is 3. The number of ether oxygens (including phenoxy) is 4. The molecule has 1 N–H and O–H groups in total. The number of amides is 1. The number of hydrogen-bond donors (Lipinski definition) is 1. The van der Waals surface area contributed by atoms with E-state index in [-0.39, 0.29) is 21.7 Å². The summed E-state index contributed by atoms with van der Waals surface area (Å²) >= 11 is 3.14. The third-order valence-corrected chi connectivity index (χ3v) is 5.79. The Hall–Kier alpha value is -3.94. The zero-order valence-electron chi connectivity index (χ0n) is 20.2. The van der Waals surface area contributed by atoms with Crippen LogP contribution < -0.4 is 24.3 Å². The number of nitrogens with one attached hydrogen (secondary N) is 1. The molecule has 0 spiro atoms. The molecule has 0 radical (unpaired) electrons. The number of rotatable bonds is 7. The molecule has 208 valence electrons. The van der Waals surface area contributed by atoms with Crippen LogP contribution in [0.25, 0.3) is 0 Å². The van der Waals surface area contributed by atoms with Gasteiger partial charge >= 0.3 is 18.3 Å². The van der Waals surface area contributed by atoms with Crippen molar-refractivity contribution in [1.29, 1.82) is 0 Å². The summed E-state index contributed by atoms with van der Waals surface area (Å²) in [4.78, 5) is 25.7. The molecule has 0 unspecified atom stereocenters. The number of anilines is 1. The summed E-state index contributed by atoms with van der Waals surface area (Å²) in [6.45, 7) is 0. The lowest BCUT2D eigenvalue weighted by Crippen LogP contribution is -2.17. The van der Waals surface area contributed by atoms with Crippen LogP contribution in [0.15, 0.2) is 53.0 Å². The van der Waals surface area contributed by atoms with Crippen molar-refractivity contribution in [2.24, 2.45) is 0 Å². The number of carbonyl (C=O) groups is 2. The first-order chi connectivity index (χ1) is 18.2. The van der Waals surface area contributed by atoms with E-state index in [1.54, 1.807) is 0 Å². The van der Waals surface area contributed by atoms with E-state index in [4.69, 9.17) is 18.9 Å². The highest BCUT2D eigenvalue weighted by Gasteiger charge is 2.36. The van der Waals surface area contributed by atoms with Crippen molar-refractivity contribution in [2.45, 2.75) is 12.4 Å². The van der Waals surface area contributed by atoms with Gasteiger partial charge in [-0.3, -0.25) is 4.79 Å². The summed E-state index contributed by atoms with van der Waals surface area (Å²) in [7, 11) is 3.36. The molecular weight excluding hydrogens is 604 g/mol. The maximum absolute atomic E-state index is 13.4. The van der Waals surface area contributed by atoms with Gasteiger partial charge in [0.05, 0.1) is 48.2 Å². The van der Waals surface area contributed by atoms with Gasteiger partial charge in [-0.05, 0) is 58.4 Å². The van der Waals surface area contributed by atoms with E-state index >= 15 is 0 Å². The molecular formula is C25H18BrF6NO6. The molecule has 1 amide bonds. The Balaban J connectivity index is 1.99. The SMILES string of the molecule is COc1cc(Br)c(OC(=O)c2ccc(OC)c(C(F)(F)F)c2)c(NC(=O)c2ccc(OC)c(C(F)(F)F)c2)c1. The molecule has 39 heavy (non-hydrogen) atoms. The Kier molecular flexibility index (Phi) is 8.68. The van der Waals surface area contributed by atoms with Gasteiger partial charge in [-0.1, -0.05) is 0 Å². The monoisotopic (exact) mass is 621 g/mol. The molecule has 3 rings (SSSR count). The summed E-state index contributed by atoms with van der Waals surface area (Å²) in [5.41, 5.74) is -3.55. The topological polar surface area (TPSA) is 83.1 Å². The van der Waals surface area contributed by atoms with Gasteiger partial charge in [-0.2, -0.15) is 26.3 Å². The molecule has 0 fully saturated rings. The van der Waals surface area contributed by atoms with Crippen LogP contribution in [0.5, 0.6) is 23.0 Å². The second-order valence-corrected chi connectivity index (χ2v) is 8.51. The zero-order chi connectivity index (χ0) is 29.1. The van der Waals surface area contributed by atoms with E-state index in [2.05, 4.69) is 21.2 Å². The van der Waals surface area contributed by atoms with Crippen molar-refractivity contribution in [3.05, 3.63) is 75.3 Å². The third kappa shape index (κ3) is 6.74. The molecule has 0 bridgehead atoms. The van der Waals surface area contributed by atoms with Crippen LogP contribution in [0.2, 0.25) is 0 Å². The standard InChI is InChI=1S/C25H18BrF6NO6/c1-36-14-10-17(26)21(39-23(35)13-5-7-20(38-3)16(9-13)25(30,31)32)18(11-14)33-22(34)12-4-6-19(37-2)15(8-12)24(27,28)29/h4-11H,1-3H3,(H,33,34). The van der Waals surface area contributed by atoms with Gasteiger partial charge in [0.15, 0.2) is 5.75 Å². The van der Waals surface area contributed by atoms with Gasteiger partial charge in [0.25, 0.3) is 5.91 Å². The van der Waals surface area contributed by atoms with Gasteiger partial charge in [-0.15, -0.1) is 0 Å². The molecule has 0 atom stereocenters. The van der Waals surface area contributed by atoms with E-state index in [1.165, 1.54) is 19.2 Å². The van der Waals surface area contributed by atoms with E-state index in [1.807, 2.05) is 0 Å². The third-order valence-electron chi connectivity index (χ3n) is 5.20. The van der Waals surface area contributed by atoms with Crippen molar-refractivity contribution >= 4 is 33.5 Å². The lowest BCUT2D eigenvalue weighted by Gasteiger charge is -2.17. The molecule has 0 aliphatic rings. The molecule has 7 nitrogen and oxygen atoms in total. The Bertz CT molecular complexity index is 1410. The fraction of sp³-hybridized carbons (Fsp3) is 0.200. The largest absolute Gasteiger partial charge is 0.497 e. The zero-order valence-corrected chi connectivity index (χ0v) is 21.8. The molecule has 0 aliphatic carbocycles. The lowest BCUT2D eigenvalue weighted by atomic mass is 10.1. The molecule has 0 heterocycles. The molecule has 0 aromatic heterocycles. The normalized spacial score (nSPS) is 11.5. The summed E-state index contributed by atoms with van der Waals surface area (Å²) in [6.07, 6.45) is -9.66. The first-order valence-electron chi connectivity index (χ1n) is 10.6. The molecule has 14 heteroatoms. The van der Waals surface area contributed by atoms with Crippen LogP contribution >= 0.6 is 15.9 Å². The molecule has 0 saturated carbocycles.